The Hall–Kier alpha value is -2.38. The molecule has 1 amide bonds. The van der Waals surface area contributed by atoms with Crippen molar-refractivity contribution in [1.82, 2.24) is 4.31 Å². The van der Waals surface area contributed by atoms with Gasteiger partial charge in [-0.05, 0) is 49.2 Å². The lowest BCUT2D eigenvalue weighted by molar-refractivity contribution is 0.0981. The van der Waals surface area contributed by atoms with E-state index in [1.165, 1.54) is 31.0 Å². The molecule has 0 fully saturated rings. The van der Waals surface area contributed by atoms with Gasteiger partial charge in [0.25, 0.3) is 5.91 Å². The monoisotopic (exact) mass is 373 g/mol. The van der Waals surface area contributed by atoms with Crippen molar-refractivity contribution in [2.24, 2.45) is 0 Å². The maximum absolute atomic E-state index is 13.0. The minimum Gasteiger partial charge on any atom is -0.305 e. The Balaban J connectivity index is 1.87. The third kappa shape index (κ3) is 3.08. The maximum Gasteiger partial charge on any atom is 0.303 e. The summed E-state index contributed by atoms with van der Waals surface area (Å²) in [7, 11) is 0.899. The highest BCUT2D eigenvalue weighted by molar-refractivity contribution is 7.90. The lowest BCUT2D eigenvalue weighted by atomic mass is 10.1. The molecule has 0 spiro atoms. The zero-order valence-corrected chi connectivity index (χ0v) is 16.2. The van der Waals surface area contributed by atoms with Gasteiger partial charge in [0.1, 0.15) is 0 Å². The van der Waals surface area contributed by atoms with Crippen LogP contribution in [0.1, 0.15) is 22.8 Å². The van der Waals surface area contributed by atoms with Gasteiger partial charge in [0, 0.05) is 38.4 Å². The first-order valence-electron chi connectivity index (χ1n) is 8.41. The molecule has 1 aliphatic rings. The van der Waals surface area contributed by atoms with Crippen molar-refractivity contribution in [3.63, 3.8) is 0 Å². The van der Waals surface area contributed by atoms with Crippen LogP contribution in [0.5, 0.6) is 0 Å². The van der Waals surface area contributed by atoms with Gasteiger partial charge in [0.2, 0.25) is 0 Å². The van der Waals surface area contributed by atoms with Gasteiger partial charge in [-0.3, -0.25) is 9.10 Å². The number of para-hydroxylation sites is 1. The van der Waals surface area contributed by atoms with Gasteiger partial charge in [-0.25, -0.2) is 0 Å². The molecule has 2 aromatic rings. The predicted octanol–water partition coefficient (Wildman–Crippen LogP) is 2.52. The molecule has 2 aromatic carbocycles. The van der Waals surface area contributed by atoms with Crippen molar-refractivity contribution in [3.05, 3.63) is 59.7 Å². The second-order valence-electron chi connectivity index (χ2n) is 6.66. The molecule has 0 radical (unpaired) electrons. The number of amides is 1. The summed E-state index contributed by atoms with van der Waals surface area (Å²) in [5, 5.41) is 0. The maximum atomic E-state index is 13.0. The average Bonchev–Trinajstić information content (AvgIpc) is 2.96. The Kier molecular flexibility index (Phi) is 4.77. The minimum absolute atomic E-state index is 0.0767. The standard InChI is InChI=1S/C19H23N3O3S/c1-14-13-16-7-5-6-8-18(16)22(14)19(23)15-9-11-17(12-10-15)21(4)26(24,25)20(2)3/h5-12,14H,13H2,1-4H3/t14-/m0/s1. The molecule has 3 rings (SSSR count). The van der Waals surface area contributed by atoms with Crippen LogP contribution in [0.15, 0.2) is 48.5 Å². The predicted molar refractivity (Wildman–Crippen MR) is 104 cm³/mol. The quantitative estimate of drug-likeness (QED) is 0.827. The zero-order chi connectivity index (χ0) is 19.1. The van der Waals surface area contributed by atoms with E-state index in [2.05, 4.69) is 0 Å². The van der Waals surface area contributed by atoms with E-state index in [0.29, 0.717) is 11.3 Å². The molecule has 1 atom stereocenters. The van der Waals surface area contributed by atoms with E-state index < -0.39 is 10.2 Å². The van der Waals surface area contributed by atoms with E-state index >= 15 is 0 Å². The number of fused-ring (bicyclic) bond motifs is 1. The second-order valence-corrected chi connectivity index (χ2v) is 8.84. The van der Waals surface area contributed by atoms with E-state index in [4.69, 9.17) is 0 Å². The Morgan fingerprint density at radius 3 is 2.27 bits per heavy atom. The summed E-state index contributed by atoms with van der Waals surface area (Å²) in [5.74, 6) is -0.0767. The molecule has 0 N–H and O–H groups in total. The topological polar surface area (TPSA) is 60.9 Å². The molecule has 0 aromatic heterocycles. The van der Waals surface area contributed by atoms with Gasteiger partial charge in [-0.2, -0.15) is 12.7 Å². The van der Waals surface area contributed by atoms with E-state index in [-0.39, 0.29) is 11.9 Å². The number of anilines is 2. The van der Waals surface area contributed by atoms with Crippen LogP contribution < -0.4 is 9.21 Å². The van der Waals surface area contributed by atoms with Crippen LogP contribution in [0.3, 0.4) is 0 Å². The van der Waals surface area contributed by atoms with Gasteiger partial charge >= 0.3 is 10.2 Å². The minimum atomic E-state index is -3.56. The number of nitrogens with zero attached hydrogens (tertiary/aromatic N) is 3. The molecule has 6 nitrogen and oxygen atoms in total. The first kappa shape index (κ1) is 18.4. The Morgan fingerprint density at radius 1 is 1.04 bits per heavy atom. The van der Waals surface area contributed by atoms with Crippen LogP contribution in [0.2, 0.25) is 0 Å². The number of benzene rings is 2. The van der Waals surface area contributed by atoms with Crippen molar-refractivity contribution in [2.45, 2.75) is 19.4 Å². The number of rotatable bonds is 4. The zero-order valence-electron chi connectivity index (χ0n) is 15.4. The van der Waals surface area contributed by atoms with Gasteiger partial charge in [-0.1, -0.05) is 18.2 Å². The molecule has 0 aliphatic carbocycles. The number of hydrogen-bond donors (Lipinski definition) is 0. The molecule has 0 saturated carbocycles. The number of carbonyl (C=O) groups excluding carboxylic acids is 1. The summed E-state index contributed by atoms with van der Waals surface area (Å²) in [6.45, 7) is 2.03. The molecular formula is C19H23N3O3S. The Morgan fingerprint density at radius 2 is 1.65 bits per heavy atom. The molecule has 0 saturated heterocycles. The van der Waals surface area contributed by atoms with Gasteiger partial charge in [0.05, 0.1) is 5.69 Å². The smallest absolute Gasteiger partial charge is 0.303 e. The largest absolute Gasteiger partial charge is 0.305 e. The Bertz CT molecular complexity index is 923. The van der Waals surface area contributed by atoms with Crippen molar-refractivity contribution in [1.29, 1.82) is 0 Å². The molecule has 0 bridgehead atoms. The molecule has 7 heteroatoms. The fourth-order valence-corrected chi connectivity index (χ4v) is 4.08. The molecule has 1 heterocycles. The highest BCUT2D eigenvalue weighted by Gasteiger charge is 2.31. The van der Waals surface area contributed by atoms with Crippen LogP contribution in [-0.2, 0) is 16.6 Å². The Labute approximate surface area is 154 Å². The number of hydrogen-bond acceptors (Lipinski definition) is 3. The van der Waals surface area contributed by atoms with Crippen molar-refractivity contribution < 1.29 is 13.2 Å². The fraction of sp³-hybridized carbons (Fsp3) is 0.316. The summed E-state index contributed by atoms with van der Waals surface area (Å²) in [6, 6.07) is 14.7. The molecular weight excluding hydrogens is 350 g/mol. The first-order chi connectivity index (χ1) is 12.2. The lowest BCUT2D eigenvalue weighted by Gasteiger charge is -2.25. The van der Waals surface area contributed by atoms with Crippen molar-refractivity contribution in [2.75, 3.05) is 30.3 Å². The van der Waals surface area contributed by atoms with Gasteiger partial charge < -0.3 is 4.90 Å². The van der Waals surface area contributed by atoms with E-state index in [9.17, 15) is 13.2 Å². The van der Waals surface area contributed by atoms with E-state index in [1.54, 1.807) is 24.3 Å². The van der Waals surface area contributed by atoms with Crippen LogP contribution in [0.4, 0.5) is 11.4 Å². The summed E-state index contributed by atoms with van der Waals surface area (Å²) in [6.07, 6.45) is 0.837. The normalized spacial score (nSPS) is 16.7. The molecule has 1 aliphatic heterocycles. The van der Waals surface area contributed by atoms with E-state index in [0.717, 1.165) is 16.4 Å². The first-order valence-corrected chi connectivity index (χ1v) is 9.81. The summed E-state index contributed by atoms with van der Waals surface area (Å²) in [5.41, 5.74) is 3.15. The number of carbonyl (C=O) groups is 1. The van der Waals surface area contributed by atoms with Crippen LogP contribution >= 0.6 is 0 Å². The van der Waals surface area contributed by atoms with Crippen LogP contribution in [0, 0.1) is 0 Å². The fourth-order valence-electron chi connectivity index (χ4n) is 3.21. The van der Waals surface area contributed by atoms with Crippen molar-refractivity contribution in [3.8, 4) is 0 Å². The molecule has 0 unspecified atom stereocenters. The average molecular weight is 373 g/mol. The SMILES string of the molecule is C[C@H]1Cc2ccccc2N1C(=O)c1ccc(N(C)S(=O)(=O)N(C)C)cc1. The van der Waals surface area contributed by atoms with Gasteiger partial charge in [0.15, 0.2) is 0 Å². The van der Waals surface area contributed by atoms with E-state index in [1.807, 2.05) is 36.1 Å². The third-order valence-corrected chi connectivity index (χ3v) is 6.54. The molecule has 138 valence electrons. The molecule has 26 heavy (non-hydrogen) atoms. The van der Waals surface area contributed by atoms with Crippen molar-refractivity contribution >= 4 is 27.5 Å². The summed E-state index contributed by atoms with van der Waals surface area (Å²) in [4.78, 5) is 14.8. The lowest BCUT2D eigenvalue weighted by Crippen LogP contribution is -2.37. The highest BCUT2D eigenvalue weighted by Crippen LogP contribution is 2.33. The summed E-state index contributed by atoms with van der Waals surface area (Å²) < 4.78 is 26.8. The van der Waals surface area contributed by atoms with Crippen LogP contribution in [0.25, 0.3) is 0 Å². The third-order valence-electron chi connectivity index (χ3n) is 4.71. The second kappa shape index (κ2) is 6.74. The summed E-state index contributed by atoms with van der Waals surface area (Å²) >= 11 is 0. The highest BCUT2D eigenvalue weighted by atomic mass is 32.2. The van der Waals surface area contributed by atoms with Gasteiger partial charge in [-0.15, -0.1) is 0 Å². The van der Waals surface area contributed by atoms with Crippen LogP contribution in [-0.4, -0.2) is 45.8 Å².